The van der Waals surface area contributed by atoms with Crippen molar-refractivity contribution in [3.8, 4) is 0 Å². The monoisotopic (exact) mass is 411 g/mol. The average Bonchev–Trinajstić information content (AvgIpc) is 3.13. The number of likely N-dealkylation sites (N-methyl/N-ethyl adjacent to an activating group) is 1. The van der Waals surface area contributed by atoms with Crippen molar-refractivity contribution in [2.75, 3.05) is 26.7 Å². The summed E-state index contributed by atoms with van der Waals surface area (Å²) in [6.07, 6.45) is 6.67. The zero-order valence-electron chi connectivity index (χ0n) is 19.1. The zero-order valence-corrected chi connectivity index (χ0v) is 19.1. The van der Waals surface area contributed by atoms with Crippen LogP contribution in [0.4, 0.5) is 0 Å². The molecular formula is C25H41N5. The van der Waals surface area contributed by atoms with Crippen LogP contribution in [0.1, 0.15) is 37.4 Å². The number of allylic oxidation sites excluding steroid dienone is 1. The van der Waals surface area contributed by atoms with Crippen LogP contribution in [-0.2, 0) is 6.54 Å². The minimum atomic E-state index is 0.631. The van der Waals surface area contributed by atoms with Gasteiger partial charge in [-0.3, -0.25) is 0 Å². The van der Waals surface area contributed by atoms with Crippen molar-refractivity contribution in [3.63, 3.8) is 0 Å². The fourth-order valence-corrected chi connectivity index (χ4v) is 3.34. The van der Waals surface area contributed by atoms with Gasteiger partial charge >= 0.3 is 0 Å². The van der Waals surface area contributed by atoms with Gasteiger partial charge in [-0.15, -0.1) is 6.58 Å². The van der Waals surface area contributed by atoms with Crippen LogP contribution >= 0.6 is 0 Å². The predicted molar refractivity (Wildman–Crippen MR) is 132 cm³/mol. The fourth-order valence-electron chi connectivity index (χ4n) is 3.34. The Bertz CT molecular complexity index is 777. The van der Waals surface area contributed by atoms with Gasteiger partial charge in [0, 0.05) is 42.6 Å². The number of nitrogens with zero attached hydrogens (tertiary/aromatic N) is 1. The van der Waals surface area contributed by atoms with E-state index in [2.05, 4.69) is 91.1 Å². The molecule has 1 aliphatic rings. The molecule has 5 N–H and O–H groups in total. The molecule has 1 unspecified atom stereocenters. The summed E-state index contributed by atoms with van der Waals surface area (Å²) in [4.78, 5) is 5.91. The lowest BCUT2D eigenvalue weighted by Gasteiger charge is -2.30. The second-order valence-corrected chi connectivity index (χ2v) is 7.73. The third kappa shape index (κ3) is 9.81. The highest BCUT2D eigenvalue weighted by Crippen LogP contribution is 2.17. The van der Waals surface area contributed by atoms with Crippen LogP contribution in [-0.4, -0.2) is 42.6 Å². The Balaban J connectivity index is 0.000000345. The van der Waals surface area contributed by atoms with Crippen LogP contribution in [0.3, 0.4) is 0 Å². The molecule has 0 spiro atoms. The molecule has 0 bridgehead atoms. The van der Waals surface area contributed by atoms with Gasteiger partial charge in [-0.2, -0.15) is 0 Å². The Labute approximate surface area is 183 Å². The van der Waals surface area contributed by atoms with E-state index >= 15 is 0 Å². The topological polar surface area (TPSA) is 69.1 Å². The Morgan fingerprint density at radius 3 is 2.70 bits per heavy atom. The molecule has 0 radical (unpaired) electrons. The summed E-state index contributed by atoms with van der Waals surface area (Å²) < 4.78 is 0. The molecule has 1 aromatic carbocycles. The molecule has 1 aliphatic heterocycles. The number of aromatic amines is 1. The van der Waals surface area contributed by atoms with Crippen LogP contribution in [0.2, 0.25) is 0 Å². The third-order valence-corrected chi connectivity index (χ3v) is 4.96. The maximum Gasteiger partial charge on any atom is 0.0456 e. The summed E-state index contributed by atoms with van der Waals surface area (Å²) in [6, 6.07) is 9.47. The molecule has 1 atom stereocenters. The van der Waals surface area contributed by atoms with Crippen molar-refractivity contribution in [1.29, 1.82) is 0 Å². The molecule has 0 aliphatic carbocycles. The summed E-state index contributed by atoms with van der Waals surface area (Å²) in [6.45, 7) is 18.8. The first-order chi connectivity index (χ1) is 14.4. The van der Waals surface area contributed by atoms with E-state index in [0.29, 0.717) is 6.04 Å². The summed E-state index contributed by atoms with van der Waals surface area (Å²) in [5.74, 6) is 0. The largest absolute Gasteiger partial charge is 0.405 e. The van der Waals surface area contributed by atoms with E-state index < -0.39 is 0 Å². The van der Waals surface area contributed by atoms with E-state index in [-0.39, 0.29) is 0 Å². The van der Waals surface area contributed by atoms with Gasteiger partial charge < -0.3 is 26.3 Å². The van der Waals surface area contributed by atoms with Gasteiger partial charge in [-0.1, -0.05) is 37.8 Å². The van der Waals surface area contributed by atoms with Gasteiger partial charge in [0.1, 0.15) is 0 Å². The first-order valence-corrected chi connectivity index (χ1v) is 10.8. The van der Waals surface area contributed by atoms with Gasteiger partial charge in [0.15, 0.2) is 0 Å². The number of hydrogen-bond acceptors (Lipinski definition) is 4. The quantitative estimate of drug-likeness (QED) is 0.509. The SMILES string of the molecule is C=CCNC(=C)CC.C=CN.Cc1ccc2[nH]c(CNC3CCCN(C)C3)cc2c1. The van der Waals surface area contributed by atoms with Crippen LogP contribution in [0.5, 0.6) is 0 Å². The number of piperidine rings is 1. The lowest BCUT2D eigenvalue weighted by atomic mass is 10.1. The minimum Gasteiger partial charge on any atom is -0.405 e. The number of aromatic nitrogens is 1. The number of likely N-dealkylation sites (tertiary alicyclic amines) is 1. The highest BCUT2D eigenvalue weighted by atomic mass is 15.1. The predicted octanol–water partition coefficient (Wildman–Crippen LogP) is 4.43. The second kappa shape index (κ2) is 14.5. The van der Waals surface area contributed by atoms with Crippen LogP contribution in [0, 0.1) is 6.92 Å². The van der Waals surface area contributed by atoms with Crippen LogP contribution in [0.25, 0.3) is 10.9 Å². The number of nitrogens with one attached hydrogen (secondary N) is 3. The molecule has 1 fully saturated rings. The van der Waals surface area contributed by atoms with E-state index in [9.17, 15) is 0 Å². The van der Waals surface area contributed by atoms with Crippen molar-refractivity contribution in [2.45, 2.75) is 45.7 Å². The molecule has 1 saturated heterocycles. The van der Waals surface area contributed by atoms with E-state index in [1.165, 1.54) is 54.3 Å². The van der Waals surface area contributed by atoms with Crippen molar-refractivity contribution in [2.24, 2.45) is 5.73 Å². The Kier molecular flexibility index (Phi) is 12.3. The number of H-pyrrole nitrogens is 1. The summed E-state index contributed by atoms with van der Waals surface area (Å²) in [7, 11) is 2.21. The van der Waals surface area contributed by atoms with Crippen LogP contribution < -0.4 is 16.4 Å². The number of rotatable bonds is 7. The van der Waals surface area contributed by atoms with Crippen molar-refractivity contribution in [3.05, 3.63) is 73.2 Å². The number of nitrogens with two attached hydrogens (primary N) is 1. The zero-order chi connectivity index (χ0) is 22.4. The first kappa shape index (κ1) is 25.5. The van der Waals surface area contributed by atoms with E-state index in [0.717, 1.165) is 25.2 Å². The van der Waals surface area contributed by atoms with Gasteiger partial charge in [0.2, 0.25) is 0 Å². The standard InChI is InChI=1S/C16H23N3.C7H13N.C2H5N/c1-12-5-6-16-13(8-12)9-15(18-16)10-17-14-4-3-7-19(2)11-14;1-4-6-8-7(3)5-2;1-2-3/h5-6,8-9,14,17-18H,3-4,7,10-11H2,1-2H3;4,8H,1,3,5-6H2,2H3;2H,1,3H2. The molecule has 166 valence electrons. The fraction of sp³-hybridized carbons (Fsp3) is 0.440. The smallest absolute Gasteiger partial charge is 0.0456 e. The average molecular weight is 412 g/mol. The Morgan fingerprint density at radius 1 is 1.33 bits per heavy atom. The number of benzene rings is 1. The molecule has 2 heterocycles. The van der Waals surface area contributed by atoms with E-state index in [1.807, 2.05) is 6.08 Å². The van der Waals surface area contributed by atoms with Crippen molar-refractivity contribution in [1.82, 2.24) is 20.5 Å². The third-order valence-electron chi connectivity index (χ3n) is 4.96. The Hall–Kier alpha value is -2.50. The van der Waals surface area contributed by atoms with Gasteiger partial charge in [-0.05, 0) is 69.6 Å². The second-order valence-electron chi connectivity index (χ2n) is 7.73. The number of fused-ring (bicyclic) bond motifs is 1. The molecule has 5 nitrogen and oxygen atoms in total. The maximum absolute atomic E-state index is 4.61. The van der Waals surface area contributed by atoms with Gasteiger partial charge in [0.05, 0.1) is 0 Å². The summed E-state index contributed by atoms with van der Waals surface area (Å²) in [5.41, 5.74) is 9.53. The highest BCUT2D eigenvalue weighted by Gasteiger charge is 2.16. The summed E-state index contributed by atoms with van der Waals surface area (Å²) in [5, 5.41) is 8.06. The molecular weight excluding hydrogens is 370 g/mol. The molecule has 2 aromatic rings. The molecule has 3 rings (SSSR count). The molecule has 30 heavy (non-hydrogen) atoms. The highest BCUT2D eigenvalue weighted by molar-refractivity contribution is 5.81. The number of hydrogen-bond donors (Lipinski definition) is 4. The van der Waals surface area contributed by atoms with Crippen molar-refractivity contribution >= 4 is 10.9 Å². The molecule has 0 saturated carbocycles. The van der Waals surface area contributed by atoms with Crippen molar-refractivity contribution < 1.29 is 0 Å². The minimum absolute atomic E-state index is 0.631. The molecule has 1 aromatic heterocycles. The lowest BCUT2D eigenvalue weighted by molar-refractivity contribution is 0.226. The first-order valence-electron chi connectivity index (χ1n) is 10.8. The number of aryl methyl sites for hydroxylation is 1. The molecule has 5 heteroatoms. The van der Waals surface area contributed by atoms with E-state index in [1.54, 1.807) is 0 Å². The lowest BCUT2D eigenvalue weighted by Crippen LogP contribution is -2.43. The normalized spacial score (nSPS) is 15.9. The Morgan fingerprint density at radius 2 is 2.07 bits per heavy atom. The van der Waals surface area contributed by atoms with Gasteiger partial charge in [0.25, 0.3) is 0 Å². The van der Waals surface area contributed by atoms with Gasteiger partial charge in [-0.25, -0.2) is 0 Å². The van der Waals surface area contributed by atoms with Crippen LogP contribution in [0.15, 0.2) is 62.0 Å². The summed E-state index contributed by atoms with van der Waals surface area (Å²) >= 11 is 0. The maximum atomic E-state index is 4.61. The molecule has 0 amide bonds. The van der Waals surface area contributed by atoms with E-state index in [4.69, 9.17) is 0 Å².